The minimum atomic E-state index is -0.765. The molecule has 6 nitrogen and oxygen atoms in total. The highest BCUT2D eigenvalue weighted by atomic mass is 16.4. The van der Waals surface area contributed by atoms with Gasteiger partial charge in [-0.1, -0.05) is 0 Å². The van der Waals surface area contributed by atoms with Gasteiger partial charge in [-0.2, -0.15) is 5.10 Å². The van der Waals surface area contributed by atoms with Crippen LogP contribution >= 0.6 is 0 Å². The van der Waals surface area contributed by atoms with E-state index in [0.717, 1.165) is 5.69 Å². The van der Waals surface area contributed by atoms with Crippen LogP contribution in [-0.4, -0.2) is 44.8 Å². The molecule has 1 amide bonds. The number of piperidine rings is 1. The van der Waals surface area contributed by atoms with Gasteiger partial charge < -0.3 is 10.0 Å². The first-order chi connectivity index (χ1) is 9.71. The Morgan fingerprint density at radius 3 is 2.29 bits per heavy atom. The summed E-state index contributed by atoms with van der Waals surface area (Å²) in [5, 5.41) is 13.3. The van der Waals surface area contributed by atoms with Crippen molar-refractivity contribution in [2.24, 2.45) is 5.92 Å². The van der Waals surface area contributed by atoms with Gasteiger partial charge in [0, 0.05) is 18.8 Å². The maximum atomic E-state index is 12.6. The summed E-state index contributed by atoms with van der Waals surface area (Å²) in [6.45, 7) is 9.01. The van der Waals surface area contributed by atoms with Gasteiger partial charge in [0.1, 0.15) is 0 Å². The summed E-state index contributed by atoms with van der Waals surface area (Å²) < 4.78 is 1.85. The predicted molar refractivity (Wildman–Crippen MR) is 78.2 cm³/mol. The summed E-state index contributed by atoms with van der Waals surface area (Å²) in [5.41, 5.74) is 1.30. The number of likely N-dealkylation sites (tertiary alicyclic amines) is 1. The molecule has 21 heavy (non-hydrogen) atoms. The van der Waals surface area contributed by atoms with Crippen molar-refractivity contribution >= 4 is 11.9 Å². The molecule has 1 N–H and O–H groups in total. The topological polar surface area (TPSA) is 75.4 Å². The maximum Gasteiger partial charge on any atom is 0.306 e. The third-order valence-electron chi connectivity index (χ3n) is 4.01. The van der Waals surface area contributed by atoms with E-state index in [2.05, 4.69) is 5.10 Å². The van der Waals surface area contributed by atoms with Gasteiger partial charge in [-0.15, -0.1) is 0 Å². The van der Waals surface area contributed by atoms with E-state index in [1.54, 1.807) is 11.1 Å². The van der Waals surface area contributed by atoms with Gasteiger partial charge in [0.25, 0.3) is 5.91 Å². The number of hydrogen-bond acceptors (Lipinski definition) is 3. The molecule has 2 rings (SSSR count). The number of carboxylic acids is 1. The Hall–Kier alpha value is -1.85. The number of aliphatic carboxylic acids is 1. The molecule has 1 saturated heterocycles. The van der Waals surface area contributed by atoms with Gasteiger partial charge in [0.2, 0.25) is 0 Å². The van der Waals surface area contributed by atoms with Crippen LogP contribution in [0.2, 0.25) is 0 Å². The van der Waals surface area contributed by atoms with E-state index < -0.39 is 5.97 Å². The Morgan fingerprint density at radius 1 is 1.29 bits per heavy atom. The number of nitrogens with zero attached hydrogens (tertiary/aromatic N) is 3. The second-order valence-electron chi connectivity index (χ2n) is 6.63. The first kappa shape index (κ1) is 15.5. The summed E-state index contributed by atoms with van der Waals surface area (Å²) in [6, 6.07) is 0. The van der Waals surface area contributed by atoms with Crippen LogP contribution in [0.5, 0.6) is 0 Å². The zero-order valence-electron chi connectivity index (χ0n) is 13.1. The molecular weight excluding hydrogens is 270 g/mol. The summed E-state index contributed by atoms with van der Waals surface area (Å²) in [6.07, 6.45) is 2.66. The molecule has 0 aliphatic carbocycles. The highest BCUT2D eigenvalue weighted by molar-refractivity contribution is 5.95. The number of carbonyl (C=O) groups is 2. The molecule has 1 aliphatic heterocycles. The second kappa shape index (κ2) is 5.50. The molecule has 0 spiro atoms. The van der Waals surface area contributed by atoms with E-state index in [1.807, 2.05) is 32.4 Å². The molecule has 0 radical (unpaired) electrons. The minimum Gasteiger partial charge on any atom is -0.481 e. The van der Waals surface area contributed by atoms with Crippen LogP contribution in [0.3, 0.4) is 0 Å². The van der Waals surface area contributed by atoms with Crippen molar-refractivity contribution in [1.82, 2.24) is 14.7 Å². The van der Waals surface area contributed by atoms with E-state index in [9.17, 15) is 9.59 Å². The van der Waals surface area contributed by atoms with Crippen LogP contribution in [0.15, 0.2) is 6.20 Å². The average molecular weight is 293 g/mol. The molecule has 0 unspecified atom stereocenters. The third-order valence-corrected chi connectivity index (χ3v) is 4.01. The highest BCUT2D eigenvalue weighted by Gasteiger charge is 2.29. The third kappa shape index (κ3) is 3.09. The van der Waals surface area contributed by atoms with Gasteiger partial charge >= 0.3 is 5.97 Å². The molecule has 2 heterocycles. The molecule has 1 aliphatic rings. The van der Waals surface area contributed by atoms with Crippen molar-refractivity contribution in [2.75, 3.05) is 13.1 Å². The smallest absolute Gasteiger partial charge is 0.306 e. The van der Waals surface area contributed by atoms with E-state index in [0.29, 0.717) is 31.5 Å². The number of rotatable bonds is 2. The fourth-order valence-electron chi connectivity index (χ4n) is 2.80. The van der Waals surface area contributed by atoms with Crippen LogP contribution < -0.4 is 0 Å². The Balaban J connectivity index is 2.12. The largest absolute Gasteiger partial charge is 0.481 e. The Labute approximate surface area is 124 Å². The Morgan fingerprint density at radius 2 is 1.86 bits per heavy atom. The molecule has 0 aromatic carbocycles. The van der Waals surface area contributed by atoms with E-state index in [-0.39, 0.29) is 17.4 Å². The number of carboxylic acid groups (broad SMARTS) is 1. The lowest BCUT2D eigenvalue weighted by Gasteiger charge is -2.30. The van der Waals surface area contributed by atoms with Gasteiger partial charge in [-0.05, 0) is 40.5 Å². The lowest BCUT2D eigenvalue weighted by Crippen LogP contribution is -2.40. The van der Waals surface area contributed by atoms with Crippen LogP contribution in [0.1, 0.15) is 49.7 Å². The first-order valence-electron chi connectivity index (χ1n) is 7.29. The SMILES string of the molecule is Cc1c(C(=O)N2CCC(C(=O)O)CC2)cnn1C(C)(C)C. The molecule has 0 atom stereocenters. The number of amides is 1. The molecule has 0 bridgehead atoms. The fraction of sp³-hybridized carbons (Fsp3) is 0.667. The molecule has 1 aromatic heterocycles. The van der Waals surface area contributed by atoms with Crippen LogP contribution in [-0.2, 0) is 10.3 Å². The van der Waals surface area contributed by atoms with Crippen molar-refractivity contribution < 1.29 is 14.7 Å². The highest BCUT2D eigenvalue weighted by Crippen LogP contribution is 2.22. The zero-order valence-corrected chi connectivity index (χ0v) is 13.1. The summed E-state index contributed by atoms with van der Waals surface area (Å²) in [4.78, 5) is 25.2. The molecule has 1 aromatic rings. The predicted octanol–water partition coefficient (Wildman–Crippen LogP) is 1.88. The molecule has 0 saturated carbocycles. The molecule has 116 valence electrons. The first-order valence-corrected chi connectivity index (χ1v) is 7.29. The average Bonchev–Trinajstić information content (AvgIpc) is 2.79. The summed E-state index contributed by atoms with van der Waals surface area (Å²) >= 11 is 0. The van der Waals surface area contributed by atoms with Crippen molar-refractivity contribution in [1.29, 1.82) is 0 Å². The van der Waals surface area contributed by atoms with Crippen LogP contribution in [0.25, 0.3) is 0 Å². The number of carbonyl (C=O) groups excluding carboxylic acids is 1. The van der Waals surface area contributed by atoms with Crippen LogP contribution in [0.4, 0.5) is 0 Å². The van der Waals surface area contributed by atoms with Gasteiger partial charge in [0.05, 0.1) is 23.2 Å². The van der Waals surface area contributed by atoms with Gasteiger partial charge in [-0.3, -0.25) is 14.3 Å². The minimum absolute atomic E-state index is 0.0492. The van der Waals surface area contributed by atoms with E-state index in [4.69, 9.17) is 5.11 Å². The summed E-state index contributed by atoms with van der Waals surface area (Å²) in [7, 11) is 0. The molecule has 1 fully saturated rings. The van der Waals surface area contributed by atoms with Gasteiger partial charge in [0.15, 0.2) is 0 Å². The van der Waals surface area contributed by atoms with Gasteiger partial charge in [-0.25, -0.2) is 0 Å². The Kier molecular flexibility index (Phi) is 4.07. The molecule has 6 heteroatoms. The number of hydrogen-bond donors (Lipinski definition) is 1. The fourth-order valence-corrected chi connectivity index (χ4v) is 2.80. The van der Waals surface area contributed by atoms with Crippen molar-refractivity contribution in [3.63, 3.8) is 0 Å². The van der Waals surface area contributed by atoms with Crippen molar-refractivity contribution in [2.45, 2.75) is 46.1 Å². The van der Waals surface area contributed by atoms with Crippen molar-refractivity contribution in [3.8, 4) is 0 Å². The monoisotopic (exact) mass is 293 g/mol. The quantitative estimate of drug-likeness (QED) is 0.903. The van der Waals surface area contributed by atoms with E-state index in [1.165, 1.54) is 0 Å². The number of aromatic nitrogens is 2. The van der Waals surface area contributed by atoms with E-state index >= 15 is 0 Å². The Bertz CT molecular complexity index is 549. The molecular formula is C15H23N3O3. The maximum absolute atomic E-state index is 12.6. The normalized spacial score (nSPS) is 17.0. The summed E-state index contributed by atoms with van der Waals surface area (Å²) in [5.74, 6) is -1.14. The second-order valence-corrected chi connectivity index (χ2v) is 6.63. The lowest BCUT2D eigenvalue weighted by molar-refractivity contribution is -0.143. The lowest BCUT2D eigenvalue weighted by atomic mass is 9.96. The van der Waals surface area contributed by atoms with Crippen LogP contribution in [0, 0.1) is 12.8 Å². The standard InChI is InChI=1S/C15H23N3O3/c1-10-12(9-16-18(10)15(2,3)4)13(19)17-7-5-11(6-8-17)14(20)21/h9,11H,5-8H2,1-4H3,(H,20,21). The zero-order chi connectivity index (χ0) is 15.8. The van der Waals surface area contributed by atoms with Crippen molar-refractivity contribution in [3.05, 3.63) is 17.5 Å².